The van der Waals surface area contributed by atoms with Gasteiger partial charge in [-0.05, 0) is 57.5 Å². The summed E-state index contributed by atoms with van der Waals surface area (Å²) in [6, 6.07) is 8.30. The highest BCUT2D eigenvalue weighted by Crippen LogP contribution is 2.42. The maximum absolute atomic E-state index is 13.1. The number of hydrogen-bond acceptors (Lipinski definition) is 5. The lowest BCUT2D eigenvalue weighted by Gasteiger charge is -2.37. The van der Waals surface area contributed by atoms with Crippen LogP contribution in [-0.2, 0) is 11.0 Å². The van der Waals surface area contributed by atoms with E-state index >= 15 is 0 Å². The number of fused-ring (bicyclic) bond motifs is 2. The van der Waals surface area contributed by atoms with Crippen LogP contribution in [0.15, 0.2) is 36.4 Å². The fourth-order valence-corrected chi connectivity index (χ4v) is 3.85. The van der Waals surface area contributed by atoms with E-state index in [1.165, 1.54) is 11.0 Å². The Kier molecular flexibility index (Phi) is 5.02. The number of amides is 1. The van der Waals surface area contributed by atoms with Gasteiger partial charge in [-0.3, -0.25) is 4.79 Å². The van der Waals surface area contributed by atoms with Crippen LogP contribution in [0.3, 0.4) is 0 Å². The van der Waals surface area contributed by atoms with Crippen molar-refractivity contribution in [3.05, 3.63) is 53.2 Å². The van der Waals surface area contributed by atoms with E-state index in [1.54, 1.807) is 40.0 Å². The number of hydrogen-bond donors (Lipinski definition) is 1. The van der Waals surface area contributed by atoms with Gasteiger partial charge in [0.25, 0.3) is 5.91 Å². The van der Waals surface area contributed by atoms with Gasteiger partial charge in [0.1, 0.15) is 5.75 Å². The molecule has 0 bridgehead atoms. The number of carbonyl (C=O) groups excluding carboxylic acids is 1. The average molecular weight is 444 g/mol. The Bertz CT molecular complexity index is 1220. The molecule has 1 amide bonds. The first-order valence-corrected chi connectivity index (χ1v) is 10.1. The van der Waals surface area contributed by atoms with Gasteiger partial charge in [-0.1, -0.05) is 12.1 Å². The maximum atomic E-state index is 13.1. The predicted molar refractivity (Wildman–Crippen MR) is 116 cm³/mol. The zero-order valence-corrected chi connectivity index (χ0v) is 18.3. The molecule has 0 spiro atoms. The van der Waals surface area contributed by atoms with E-state index in [0.717, 1.165) is 17.5 Å². The smallest absolute Gasteiger partial charge is 0.416 e. The highest BCUT2D eigenvalue weighted by Gasteiger charge is 2.39. The lowest BCUT2D eigenvalue weighted by Crippen LogP contribution is -2.50. The van der Waals surface area contributed by atoms with E-state index in [4.69, 9.17) is 4.74 Å². The SMILES string of the molecule is Cc1nnc(N[C@H](C)c2cccc(C(F)(F)F)c2)c2cc3c(cc12)OC(C)(C)C(=O)N3C. The maximum Gasteiger partial charge on any atom is 0.416 e. The first kappa shape index (κ1) is 21.9. The van der Waals surface area contributed by atoms with E-state index in [0.29, 0.717) is 33.9 Å². The van der Waals surface area contributed by atoms with Crippen LogP contribution in [0.1, 0.15) is 43.6 Å². The van der Waals surface area contributed by atoms with E-state index in [2.05, 4.69) is 15.5 Å². The Labute approximate surface area is 183 Å². The number of alkyl halides is 3. The minimum atomic E-state index is -4.42. The summed E-state index contributed by atoms with van der Waals surface area (Å²) in [5, 5.41) is 13.1. The third-order valence-electron chi connectivity index (χ3n) is 5.66. The summed E-state index contributed by atoms with van der Waals surface area (Å²) in [6.07, 6.45) is -4.42. The van der Waals surface area contributed by atoms with Gasteiger partial charge < -0.3 is 15.0 Å². The van der Waals surface area contributed by atoms with Crippen molar-refractivity contribution in [3.8, 4) is 5.75 Å². The van der Waals surface area contributed by atoms with Crippen molar-refractivity contribution in [3.63, 3.8) is 0 Å². The van der Waals surface area contributed by atoms with Crippen molar-refractivity contribution in [1.29, 1.82) is 0 Å². The van der Waals surface area contributed by atoms with Crippen LogP contribution in [0, 0.1) is 6.92 Å². The molecular weight excluding hydrogens is 421 g/mol. The monoisotopic (exact) mass is 444 g/mol. The molecule has 1 aromatic heterocycles. The van der Waals surface area contributed by atoms with Gasteiger partial charge in [0, 0.05) is 17.8 Å². The Morgan fingerprint density at radius 1 is 1.12 bits per heavy atom. The number of rotatable bonds is 3. The zero-order chi connectivity index (χ0) is 23.4. The number of aryl methyl sites for hydroxylation is 1. The van der Waals surface area contributed by atoms with Crippen LogP contribution in [-0.4, -0.2) is 28.8 Å². The van der Waals surface area contributed by atoms with Gasteiger partial charge in [0.2, 0.25) is 0 Å². The average Bonchev–Trinajstić information content (AvgIpc) is 2.73. The fraction of sp³-hybridized carbons (Fsp3) is 0.348. The molecule has 1 aliphatic heterocycles. The first-order valence-electron chi connectivity index (χ1n) is 10.1. The standard InChI is InChI=1S/C23H23F3N4O2/c1-12(14-7-6-8-15(9-14)23(24,25)26)27-20-17-10-18-19(11-16(17)13(2)28-29-20)32-22(3,4)21(31)30(18)5/h6-12H,1-5H3,(H,27,29)/t12-/m1/s1. The van der Waals surface area contributed by atoms with E-state index < -0.39 is 23.4 Å². The van der Waals surface area contributed by atoms with Gasteiger partial charge in [-0.15, -0.1) is 5.10 Å². The van der Waals surface area contributed by atoms with Gasteiger partial charge in [-0.2, -0.15) is 18.3 Å². The molecule has 1 N–H and O–H groups in total. The normalized spacial score (nSPS) is 16.5. The van der Waals surface area contributed by atoms with Gasteiger partial charge in [0.15, 0.2) is 11.4 Å². The molecule has 0 radical (unpaired) electrons. The Hall–Kier alpha value is -3.36. The number of likely N-dealkylation sites (N-methyl/N-ethyl adjacent to an activating group) is 1. The summed E-state index contributed by atoms with van der Waals surface area (Å²) in [5.74, 6) is 0.775. The van der Waals surface area contributed by atoms with E-state index in [1.807, 2.05) is 13.0 Å². The fourth-order valence-electron chi connectivity index (χ4n) is 3.85. The van der Waals surface area contributed by atoms with E-state index in [-0.39, 0.29) is 5.91 Å². The van der Waals surface area contributed by atoms with Crippen molar-refractivity contribution in [2.75, 3.05) is 17.3 Å². The summed E-state index contributed by atoms with van der Waals surface area (Å²) in [5.41, 5.74) is 0.0104. The Morgan fingerprint density at radius 3 is 2.53 bits per heavy atom. The lowest BCUT2D eigenvalue weighted by atomic mass is 10.0. The van der Waals surface area contributed by atoms with Crippen molar-refractivity contribution >= 4 is 28.2 Å². The molecule has 3 aromatic rings. The highest BCUT2D eigenvalue weighted by atomic mass is 19.4. The number of ether oxygens (including phenoxy) is 1. The summed E-state index contributed by atoms with van der Waals surface area (Å²) < 4.78 is 45.3. The van der Waals surface area contributed by atoms with Crippen LogP contribution >= 0.6 is 0 Å². The number of nitrogens with one attached hydrogen (secondary N) is 1. The van der Waals surface area contributed by atoms with Crippen LogP contribution in [0.2, 0.25) is 0 Å². The number of aromatic nitrogens is 2. The number of benzene rings is 2. The molecule has 4 rings (SSSR count). The molecule has 168 valence electrons. The Balaban J connectivity index is 1.76. The second kappa shape index (κ2) is 7.36. The molecule has 0 aliphatic carbocycles. The second-order valence-electron chi connectivity index (χ2n) is 8.47. The van der Waals surface area contributed by atoms with Gasteiger partial charge in [0.05, 0.1) is 23.0 Å². The molecule has 1 atom stereocenters. The summed E-state index contributed by atoms with van der Waals surface area (Å²) in [7, 11) is 1.68. The van der Waals surface area contributed by atoms with E-state index in [9.17, 15) is 18.0 Å². The molecule has 0 fully saturated rings. The van der Waals surface area contributed by atoms with Crippen LogP contribution < -0.4 is 15.0 Å². The van der Waals surface area contributed by atoms with Crippen LogP contribution in [0.4, 0.5) is 24.7 Å². The van der Waals surface area contributed by atoms with Crippen molar-refractivity contribution in [2.45, 2.75) is 45.5 Å². The minimum absolute atomic E-state index is 0.185. The highest BCUT2D eigenvalue weighted by molar-refractivity contribution is 6.06. The van der Waals surface area contributed by atoms with Crippen LogP contribution in [0.25, 0.3) is 10.8 Å². The minimum Gasteiger partial charge on any atom is -0.476 e. The van der Waals surface area contributed by atoms with Crippen molar-refractivity contribution in [2.24, 2.45) is 0 Å². The number of anilines is 2. The molecule has 2 heterocycles. The predicted octanol–water partition coefficient (Wildman–Crippen LogP) is 5.26. The summed E-state index contributed by atoms with van der Waals surface area (Å²) in [6.45, 7) is 6.98. The molecule has 0 saturated heterocycles. The molecule has 0 saturated carbocycles. The molecule has 1 aliphatic rings. The molecular formula is C23H23F3N4O2. The lowest BCUT2D eigenvalue weighted by molar-refractivity contribution is -0.137. The summed E-state index contributed by atoms with van der Waals surface area (Å²) in [4.78, 5) is 14.2. The molecule has 32 heavy (non-hydrogen) atoms. The summed E-state index contributed by atoms with van der Waals surface area (Å²) >= 11 is 0. The quantitative estimate of drug-likeness (QED) is 0.597. The largest absolute Gasteiger partial charge is 0.476 e. The molecule has 6 nitrogen and oxygen atoms in total. The number of nitrogens with zero attached hydrogens (tertiary/aromatic N) is 3. The number of halogens is 3. The second-order valence-corrected chi connectivity index (χ2v) is 8.47. The van der Waals surface area contributed by atoms with Crippen molar-refractivity contribution < 1.29 is 22.7 Å². The molecule has 9 heteroatoms. The third kappa shape index (κ3) is 3.72. The molecule has 0 unspecified atom stereocenters. The Morgan fingerprint density at radius 2 is 1.84 bits per heavy atom. The first-order chi connectivity index (χ1) is 14.9. The van der Waals surface area contributed by atoms with Gasteiger partial charge in [-0.25, -0.2) is 0 Å². The third-order valence-corrected chi connectivity index (χ3v) is 5.66. The molecule has 2 aromatic carbocycles. The number of carbonyl (C=O) groups is 1. The van der Waals surface area contributed by atoms with Crippen molar-refractivity contribution in [1.82, 2.24) is 10.2 Å². The zero-order valence-electron chi connectivity index (χ0n) is 18.3. The topological polar surface area (TPSA) is 67.4 Å². The van der Waals surface area contributed by atoms with Gasteiger partial charge >= 0.3 is 6.18 Å². The van der Waals surface area contributed by atoms with Crippen LogP contribution in [0.5, 0.6) is 5.75 Å².